The molecule has 0 aromatic heterocycles. The average Bonchev–Trinajstić information content (AvgIpc) is 3.20. The summed E-state index contributed by atoms with van der Waals surface area (Å²) in [5.74, 6) is 0.983. The fourth-order valence-corrected chi connectivity index (χ4v) is 4.11. The van der Waals surface area contributed by atoms with Gasteiger partial charge in [-0.3, -0.25) is 14.5 Å². The lowest BCUT2D eigenvalue weighted by atomic mass is 10.2. The molecule has 0 unspecified atom stereocenters. The molecule has 0 spiro atoms. The number of hydrogen-bond acceptors (Lipinski definition) is 5. The number of rotatable bonds is 6. The number of carbonyl (C=O) groups excluding carboxylic acids is 2. The number of methoxy groups -OCH3 is 1. The molecule has 7 nitrogen and oxygen atoms in total. The van der Waals surface area contributed by atoms with Crippen molar-refractivity contribution >= 4 is 28.9 Å². The molecule has 30 heavy (non-hydrogen) atoms. The van der Waals surface area contributed by atoms with E-state index in [9.17, 15) is 9.59 Å². The van der Waals surface area contributed by atoms with Gasteiger partial charge in [0.05, 0.1) is 19.3 Å². The van der Waals surface area contributed by atoms with Gasteiger partial charge in [0.1, 0.15) is 5.75 Å². The van der Waals surface area contributed by atoms with Crippen LogP contribution in [0.1, 0.15) is 12.8 Å². The molecule has 0 saturated carbocycles. The average molecular weight is 409 g/mol. The second-order valence-corrected chi connectivity index (χ2v) is 7.68. The van der Waals surface area contributed by atoms with Crippen LogP contribution in [-0.2, 0) is 9.59 Å². The van der Waals surface area contributed by atoms with Crippen LogP contribution in [0, 0.1) is 0 Å². The molecule has 0 bridgehead atoms. The first-order valence-electron chi connectivity index (χ1n) is 10.4. The summed E-state index contributed by atoms with van der Waals surface area (Å²) in [6, 6.07) is 15.6. The molecule has 2 aromatic rings. The first kappa shape index (κ1) is 20.2. The number of ether oxygens (including phenoxy) is 1. The van der Waals surface area contributed by atoms with Crippen molar-refractivity contribution in [1.29, 1.82) is 0 Å². The molecule has 2 aliphatic rings. The third-order valence-corrected chi connectivity index (χ3v) is 5.68. The minimum Gasteiger partial charge on any atom is -0.495 e. The van der Waals surface area contributed by atoms with Crippen molar-refractivity contribution in [3.63, 3.8) is 0 Å². The van der Waals surface area contributed by atoms with Crippen LogP contribution in [0.4, 0.5) is 17.1 Å². The van der Waals surface area contributed by atoms with Gasteiger partial charge in [0.25, 0.3) is 0 Å². The van der Waals surface area contributed by atoms with Crippen LogP contribution in [0.3, 0.4) is 0 Å². The second kappa shape index (κ2) is 9.17. The number of anilines is 3. The zero-order chi connectivity index (χ0) is 20.9. The number of hydrogen-bond donors (Lipinski definition) is 1. The summed E-state index contributed by atoms with van der Waals surface area (Å²) in [6.07, 6.45) is 1.48. The van der Waals surface area contributed by atoms with E-state index in [1.165, 1.54) is 0 Å². The molecule has 2 heterocycles. The minimum absolute atomic E-state index is 0.0364. The highest BCUT2D eigenvalue weighted by Crippen LogP contribution is 2.28. The second-order valence-electron chi connectivity index (χ2n) is 7.68. The maximum absolute atomic E-state index is 12.6. The Morgan fingerprint density at radius 1 is 1.03 bits per heavy atom. The fourth-order valence-electron chi connectivity index (χ4n) is 4.11. The maximum Gasteiger partial charge on any atom is 0.238 e. The first-order valence-corrected chi connectivity index (χ1v) is 10.4. The largest absolute Gasteiger partial charge is 0.495 e. The van der Waals surface area contributed by atoms with Gasteiger partial charge in [-0.1, -0.05) is 18.2 Å². The van der Waals surface area contributed by atoms with Crippen LogP contribution in [-0.4, -0.2) is 63.1 Å². The van der Waals surface area contributed by atoms with E-state index in [4.69, 9.17) is 4.74 Å². The normalized spacial score (nSPS) is 17.3. The molecule has 2 aromatic carbocycles. The van der Waals surface area contributed by atoms with E-state index in [1.54, 1.807) is 12.0 Å². The number of carbonyl (C=O) groups is 2. The summed E-state index contributed by atoms with van der Waals surface area (Å²) < 4.78 is 5.47. The minimum atomic E-state index is -0.0364. The number of para-hydroxylation sites is 2. The van der Waals surface area contributed by atoms with Crippen LogP contribution in [0.2, 0.25) is 0 Å². The Balaban J connectivity index is 1.30. The Kier molecular flexibility index (Phi) is 6.18. The van der Waals surface area contributed by atoms with Gasteiger partial charge in [0.15, 0.2) is 0 Å². The van der Waals surface area contributed by atoms with E-state index < -0.39 is 0 Å². The van der Waals surface area contributed by atoms with Crippen molar-refractivity contribution in [3.8, 4) is 5.75 Å². The predicted octanol–water partition coefficient (Wildman–Crippen LogP) is 2.58. The van der Waals surface area contributed by atoms with Gasteiger partial charge in [-0.15, -0.1) is 0 Å². The molecule has 0 radical (unpaired) electrons. The lowest BCUT2D eigenvalue weighted by molar-refractivity contribution is -0.118. The number of amides is 2. The maximum atomic E-state index is 12.6. The lowest BCUT2D eigenvalue weighted by Gasteiger charge is -2.36. The summed E-state index contributed by atoms with van der Waals surface area (Å²) >= 11 is 0. The topological polar surface area (TPSA) is 65.1 Å². The fraction of sp³-hybridized carbons (Fsp3) is 0.391. The number of benzene rings is 2. The SMILES string of the molecule is COc1ccccc1N1CCN(CC(=O)Nc2cccc(N3CCCC3=O)c2)CC1. The van der Waals surface area contributed by atoms with E-state index in [2.05, 4.69) is 21.2 Å². The molecule has 2 fully saturated rings. The zero-order valence-electron chi connectivity index (χ0n) is 17.3. The summed E-state index contributed by atoms with van der Waals surface area (Å²) in [4.78, 5) is 30.8. The van der Waals surface area contributed by atoms with Crippen molar-refractivity contribution in [3.05, 3.63) is 48.5 Å². The molecule has 0 atom stereocenters. The smallest absolute Gasteiger partial charge is 0.238 e. The van der Waals surface area contributed by atoms with Crippen LogP contribution in [0.25, 0.3) is 0 Å². The van der Waals surface area contributed by atoms with Crippen LogP contribution in [0.5, 0.6) is 5.75 Å². The molecule has 2 amide bonds. The van der Waals surface area contributed by atoms with Crippen LogP contribution < -0.4 is 19.9 Å². The quantitative estimate of drug-likeness (QED) is 0.796. The molecule has 1 N–H and O–H groups in total. The van der Waals surface area contributed by atoms with Crippen molar-refractivity contribution < 1.29 is 14.3 Å². The highest BCUT2D eigenvalue weighted by Gasteiger charge is 2.23. The number of nitrogens with zero attached hydrogens (tertiary/aromatic N) is 3. The third-order valence-electron chi connectivity index (χ3n) is 5.68. The van der Waals surface area contributed by atoms with Gasteiger partial charge < -0.3 is 19.9 Å². The summed E-state index contributed by atoms with van der Waals surface area (Å²) in [7, 11) is 1.69. The highest BCUT2D eigenvalue weighted by atomic mass is 16.5. The molecular formula is C23H28N4O3. The van der Waals surface area contributed by atoms with E-state index in [-0.39, 0.29) is 11.8 Å². The van der Waals surface area contributed by atoms with Gasteiger partial charge >= 0.3 is 0 Å². The molecule has 2 saturated heterocycles. The van der Waals surface area contributed by atoms with Crippen LogP contribution >= 0.6 is 0 Å². The molecule has 0 aliphatic carbocycles. The molecule has 7 heteroatoms. The molecule has 4 rings (SSSR count). The van der Waals surface area contributed by atoms with Crippen molar-refractivity contribution in [2.24, 2.45) is 0 Å². The van der Waals surface area contributed by atoms with E-state index in [0.29, 0.717) is 13.0 Å². The summed E-state index contributed by atoms with van der Waals surface area (Å²) in [6.45, 7) is 4.42. The van der Waals surface area contributed by atoms with Gasteiger partial charge in [0, 0.05) is 50.5 Å². The molecule has 2 aliphatic heterocycles. The van der Waals surface area contributed by atoms with Crippen LogP contribution in [0.15, 0.2) is 48.5 Å². The zero-order valence-corrected chi connectivity index (χ0v) is 17.3. The van der Waals surface area contributed by atoms with Gasteiger partial charge in [-0.05, 0) is 36.8 Å². The Morgan fingerprint density at radius 3 is 2.57 bits per heavy atom. The van der Waals surface area contributed by atoms with E-state index in [0.717, 1.165) is 62.0 Å². The van der Waals surface area contributed by atoms with Gasteiger partial charge in [-0.2, -0.15) is 0 Å². The molecule has 158 valence electrons. The highest BCUT2D eigenvalue weighted by molar-refractivity contribution is 5.97. The standard InChI is InChI=1S/C23H28N4O3/c1-30-21-9-3-2-8-20(21)26-14-12-25(13-15-26)17-22(28)24-18-6-4-7-19(16-18)27-11-5-10-23(27)29/h2-4,6-9,16H,5,10-15,17H2,1H3,(H,24,28). The first-order chi connectivity index (χ1) is 14.6. The number of piperazine rings is 1. The van der Waals surface area contributed by atoms with E-state index in [1.807, 2.05) is 42.5 Å². The Bertz CT molecular complexity index is 909. The Hall–Kier alpha value is -3.06. The monoisotopic (exact) mass is 408 g/mol. The predicted molar refractivity (Wildman–Crippen MR) is 118 cm³/mol. The summed E-state index contributed by atoms with van der Waals surface area (Å²) in [5.41, 5.74) is 2.67. The van der Waals surface area contributed by atoms with Crippen molar-refractivity contribution in [2.45, 2.75) is 12.8 Å². The van der Waals surface area contributed by atoms with Crippen molar-refractivity contribution in [2.75, 3.05) is 61.5 Å². The van der Waals surface area contributed by atoms with Gasteiger partial charge in [0.2, 0.25) is 11.8 Å². The third kappa shape index (κ3) is 4.57. The Labute approximate surface area is 177 Å². The summed E-state index contributed by atoms with van der Waals surface area (Å²) in [5, 5.41) is 2.98. The lowest BCUT2D eigenvalue weighted by Crippen LogP contribution is -2.48. The Morgan fingerprint density at radius 2 is 1.83 bits per heavy atom. The number of nitrogens with one attached hydrogen (secondary N) is 1. The molecular weight excluding hydrogens is 380 g/mol. The van der Waals surface area contributed by atoms with Gasteiger partial charge in [-0.25, -0.2) is 0 Å². The van der Waals surface area contributed by atoms with E-state index >= 15 is 0 Å². The van der Waals surface area contributed by atoms with Crippen molar-refractivity contribution in [1.82, 2.24) is 4.90 Å².